The lowest BCUT2D eigenvalue weighted by Crippen LogP contribution is -2.01. The number of fused-ring (bicyclic) bond motifs is 1. The largest absolute Gasteiger partial charge is 0.353 e. The van der Waals surface area contributed by atoms with Gasteiger partial charge >= 0.3 is 0 Å². The molecule has 2 aromatic heterocycles. The van der Waals surface area contributed by atoms with E-state index in [1.54, 1.807) is 6.20 Å². The summed E-state index contributed by atoms with van der Waals surface area (Å²) in [6.07, 6.45) is 5.71. The topological polar surface area (TPSA) is 66.5 Å². The molecule has 1 aliphatic carbocycles. The molecule has 1 fully saturated rings. The molecule has 13 heavy (non-hydrogen) atoms. The van der Waals surface area contributed by atoms with Crippen molar-refractivity contribution in [2.45, 2.75) is 18.9 Å². The summed E-state index contributed by atoms with van der Waals surface area (Å²) in [4.78, 5) is 15.3. The Bertz CT molecular complexity index is 398. The van der Waals surface area contributed by atoms with Crippen molar-refractivity contribution in [2.75, 3.05) is 5.32 Å². The zero-order valence-electron chi connectivity index (χ0n) is 6.99. The minimum absolute atomic E-state index is 0.605. The Labute approximate surface area is 74.6 Å². The molecule has 0 aliphatic heterocycles. The third-order valence-corrected chi connectivity index (χ3v) is 2.08. The first-order valence-corrected chi connectivity index (χ1v) is 4.34. The summed E-state index contributed by atoms with van der Waals surface area (Å²) in [6.45, 7) is 0. The summed E-state index contributed by atoms with van der Waals surface area (Å²) in [6, 6.07) is 0.605. The number of aromatic amines is 1. The minimum Gasteiger partial charge on any atom is -0.353 e. The van der Waals surface area contributed by atoms with Crippen molar-refractivity contribution >= 4 is 17.1 Å². The molecule has 0 aromatic carbocycles. The number of anilines is 1. The van der Waals surface area contributed by atoms with Crippen molar-refractivity contribution in [3.63, 3.8) is 0 Å². The highest BCUT2D eigenvalue weighted by molar-refractivity contribution is 5.71. The van der Waals surface area contributed by atoms with Gasteiger partial charge in [-0.2, -0.15) is 4.98 Å². The predicted octanol–water partition coefficient (Wildman–Crippen LogP) is 0.927. The molecule has 0 bridgehead atoms. The van der Waals surface area contributed by atoms with E-state index in [1.165, 1.54) is 19.2 Å². The van der Waals surface area contributed by atoms with Gasteiger partial charge in [-0.25, -0.2) is 9.97 Å². The predicted molar refractivity (Wildman–Crippen MR) is 48.3 cm³/mol. The maximum absolute atomic E-state index is 4.28. The van der Waals surface area contributed by atoms with Gasteiger partial charge in [0.2, 0.25) is 5.95 Å². The van der Waals surface area contributed by atoms with Crippen molar-refractivity contribution in [1.82, 2.24) is 19.9 Å². The van der Waals surface area contributed by atoms with E-state index in [9.17, 15) is 0 Å². The SMILES string of the molecule is c1ncc2[nH]c(NC3CC3)nc2n1. The fourth-order valence-electron chi connectivity index (χ4n) is 1.25. The van der Waals surface area contributed by atoms with Crippen LogP contribution in [0.1, 0.15) is 12.8 Å². The molecule has 0 atom stereocenters. The van der Waals surface area contributed by atoms with Crippen molar-refractivity contribution in [1.29, 1.82) is 0 Å². The van der Waals surface area contributed by atoms with Crippen LogP contribution in [0.4, 0.5) is 5.95 Å². The Balaban J connectivity index is 2.00. The van der Waals surface area contributed by atoms with Crippen molar-refractivity contribution in [3.05, 3.63) is 12.5 Å². The summed E-state index contributed by atoms with van der Waals surface area (Å²) in [5.74, 6) is 0.804. The van der Waals surface area contributed by atoms with Crippen molar-refractivity contribution in [2.24, 2.45) is 0 Å². The van der Waals surface area contributed by atoms with Gasteiger partial charge in [-0.3, -0.25) is 0 Å². The van der Waals surface area contributed by atoms with Crippen LogP contribution in [0.15, 0.2) is 12.5 Å². The summed E-state index contributed by atoms with van der Waals surface area (Å²) in [7, 11) is 0. The molecule has 1 saturated carbocycles. The summed E-state index contributed by atoms with van der Waals surface area (Å²) >= 11 is 0. The van der Waals surface area contributed by atoms with Gasteiger partial charge in [-0.05, 0) is 12.8 Å². The first-order chi connectivity index (χ1) is 6.42. The standard InChI is InChI=1S/C8H9N5/c1-2-5(1)11-8-12-6-3-9-4-10-7(6)13-8/h3-5H,1-2H2,(H2,9,10,11,12,13). The molecule has 1 aliphatic rings. The molecule has 0 saturated heterocycles. The second kappa shape index (κ2) is 2.42. The lowest BCUT2D eigenvalue weighted by molar-refractivity contribution is 1.10. The maximum atomic E-state index is 4.28. The Morgan fingerprint density at radius 2 is 2.38 bits per heavy atom. The number of imidazole rings is 1. The molecule has 3 rings (SSSR count). The molecular weight excluding hydrogens is 166 g/mol. The number of hydrogen-bond donors (Lipinski definition) is 2. The molecule has 2 heterocycles. The van der Waals surface area contributed by atoms with Crippen LogP contribution in [0.3, 0.4) is 0 Å². The molecule has 2 aromatic rings. The maximum Gasteiger partial charge on any atom is 0.202 e. The van der Waals surface area contributed by atoms with Gasteiger partial charge in [0, 0.05) is 6.04 Å². The fraction of sp³-hybridized carbons (Fsp3) is 0.375. The summed E-state index contributed by atoms with van der Waals surface area (Å²) < 4.78 is 0. The molecule has 0 radical (unpaired) electrons. The number of rotatable bonds is 2. The van der Waals surface area contributed by atoms with Gasteiger partial charge in [-0.15, -0.1) is 0 Å². The molecular formula is C8H9N5. The van der Waals surface area contributed by atoms with Crippen LogP contribution in [-0.2, 0) is 0 Å². The highest BCUT2D eigenvalue weighted by atomic mass is 15.2. The monoisotopic (exact) mass is 175 g/mol. The van der Waals surface area contributed by atoms with E-state index in [2.05, 4.69) is 25.3 Å². The second-order valence-corrected chi connectivity index (χ2v) is 3.26. The van der Waals surface area contributed by atoms with Gasteiger partial charge in [0.25, 0.3) is 0 Å². The van der Waals surface area contributed by atoms with Gasteiger partial charge in [-0.1, -0.05) is 0 Å². The summed E-state index contributed by atoms with van der Waals surface area (Å²) in [5.41, 5.74) is 1.60. The van der Waals surface area contributed by atoms with Gasteiger partial charge in [0.1, 0.15) is 11.8 Å². The summed E-state index contributed by atoms with van der Waals surface area (Å²) in [5, 5.41) is 3.27. The van der Waals surface area contributed by atoms with Crippen LogP contribution in [0, 0.1) is 0 Å². The quantitative estimate of drug-likeness (QED) is 0.712. The van der Waals surface area contributed by atoms with E-state index in [-0.39, 0.29) is 0 Å². The average molecular weight is 175 g/mol. The average Bonchev–Trinajstić information content (AvgIpc) is 2.85. The van der Waals surface area contributed by atoms with E-state index in [4.69, 9.17) is 0 Å². The molecule has 66 valence electrons. The Hall–Kier alpha value is -1.65. The van der Waals surface area contributed by atoms with Crippen molar-refractivity contribution in [3.8, 4) is 0 Å². The molecule has 5 nitrogen and oxygen atoms in total. The molecule has 0 spiro atoms. The highest BCUT2D eigenvalue weighted by Crippen LogP contribution is 2.23. The van der Waals surface area contributed by atoms with E-state index in [1.807, 2.05) is 0 Å². The lowest BCUT2D eigenvalue weighted by atomic mass is 10.6. The zero-order valence-corrected chi connectivity index (χ0v) is 6.99. The van der Waals surface area contributed by atoms with Crippen LogP contribution in [0.2, 0.25) is 0 Å². The fourth-order valence-corrected chi connectivity index (χ4v) is 1.25. The molecule has 5 heteroatoms. The lowest BCUT2D eigenvalue weighted by Gasteiger charge is -1.95. The third-order valence-electron chi connectivity index (χ3n) is 2.08. The Kier molecular flexibility index (Phi) is 1.27. The van der Waals surface area contributed by atoms with Crippen LogP contribution >= 0.6 is 0 Å². The van der Waals surface area contributed by atoms with E-state index in [0.717, 1.165) is 17.1 Å². The Morgan fingerprint density at radius 3 is 3.15 bits per heavy atom. The number of hydrogen-bond acceptors (Lipinski definition) is 4. The van der Waals surface area contributed by atoms with Crippen LogP contribution in [-0.4, -0.2) is 26.0 Å². The minimum atomic E-state index is 0.605. The van der Waals surface area contributed by atoms with Gasteiger partial charge < -0.3 is 10.3 Å². The van der Waals surface area contributed by atoms with Crippen molar-refractivity contribution < 1.29 is 0 Å². The van der Waals surface area contributed by atoms with E-state index < -0.39 is 0 Å². The molecule has 2 N–H and O–H groups in total. The van der Waals surface area contributed by atoms with E-state index in [0.29, 0.717) is 6.04 Å². The first-order valence-electron chi connectivity index (χ1n) is 4.34. The number of nitrogens with one attached hydrogen (secondary N) is 2. The van der Waals surface area contributed by atoms with E-state index >= 15 is 0 Å². The number of nitrogens with zero attached hydrogens (tertiary/aromatic N) is 3. The van der Waals surface area contributed by atoms with Crippen LogP contribution < -0.4 is 5.32 Å². The molecule has 0 unspecified atom stereocenters. The number of aromatic nitrogens is 4. The van der Waals surface area contributed by atoms with Gasteiger partial charge in [0.15, 0.2) is 5.65 Å². The smallest absolute Gasteiger partial charge is 0.202 e. The van der Waals surface area contributed by atoms with Crippen LogP contribution in [0.5, 0.6) is 0 Å². The molecule has 0 amide bonds. The zero-order chi connectivity index (χ0) is 8.67. The second-order valence-electron chi connectivity index (χ2n) is 3.26. The third kappa shape index (κ3) is 1.22. The number of H-pyrrole nitrogens is 1. The van der Waals surface area contributed by atoms with Crippen LogP contribution in [0.25, 0.3) is 11.2 Å². The van der Waals surface area contributed by atoms with Gasteiger partial charge in [0.05, 0.1) is 6.20 Å². The normalized spacial score (nSPS) is 16.3. The first kappa shape index (κ1) is 6.82. The highest BCUT2D eigenvalue weighted by Gasteiger charge is 2.22. The Morgan fingerprint density at radius 1 is 1.46 bits per heavy atom.